The van der Waals surface area contributed by atoms with Crippen LogP contribution in [0.3, 0.4) is 0 Å². The number of nitrogens with one attached hydrogen (secondary N) is 1. The topological polar surface area (TPSA) is 72.2 Å². The lowest BCUT2D eigenvalue weighted by molar-refractivity contribution is -0.387. The molecule has 1 N–H and O–H groups in total. The van der Waals surface area contributed by atoms with Crippen molar-refractivity contribution in [3.8, 4) is 0 Å². The highest BCUT2D eigenvalue weighted by atomic mass is 79.9. The molecule has 2 aromatic carbocycles. The van der Waals surface area contributed by atoms with Crippen molar-refractivity contribution in [1.29, 1.82) is 0 Å². The van der Waals surface area contributed by atoms with Gasteiger partial charge in [0, 0.05) is 15.4 Å². The lowest BCUT2D eigenvalue weighted by atomic mass is 10.2. The number of nitro groups is 1. The van der Waals surface area contributed by atoms with E-state index >= 15 is 0 Å². The fraction of sp³-hybridized carbons (Fsp3) is 0. The molecule has 2 aromatic rings. The van der Waals surface area contributed by atoms with Crippen LogP contribution in [-0.2, 0) is 4.79 Å². The van der Waals surface area contributed by atoms with E-state index in [2.05, 4.69) is 21.2 Å². The maximum Gasteiger partial charge on any atom is 0.283 e. The molecule has 0 aliphatic carbocycles. The summed E-state index contributed by atoms with van der Waals surface area (Å²) in [4.78, 5) is 24.6. The van der Waals surface area contributed by atoms with Gasteiger partial charge < -0.3 is 5.32 Å². The molecule has 1 heterocycles. The predicted molar refractivity (Wildman–Crippen MR) is 108 cm³/mol. The molecule has 1 saturated heterocycles. The van der Waals surface area contributed by atoms with E-state index in [-0.39, 0.29) is 11.6 Å². The average molecular weight is 453 g/mol. The van der Waals surface area contributed by atoms with Crippen LogP contribution in [0.1, 0.15) is 5.56 Å². The molecule has 1 fully saturated rings. The molecule has 9 heteroatoms. The highest BCUT2D eigenvalue weighted by Gasteiger charge is 2.23. The van der Waals surface area contributed by atoms with Crippen molar-refractivity contribution >= 4 is 73.7 Å². The maximum atomic E-state index is 11.7. The van der Waals surface area contributed by atoms with Gasteiger partial charge in [-0.1, -0.05) is 57.7 Å². The van der Waals surface area contributed by atoms with Gasteiger partial charge in [-0.3, -0.25) is 14.9 Å². The molecule has 1 aliphatic rings. The number of carbonyl (C=O) groups is 1. The Kier molecular flexibility index (Phi) is 5.57. The summed E-state index contributed by atoms with van der Waals surface area (Å²) in [6.45, 7) is 0. The molecule has 25 heavy (non-hydrogen) atoms. The van der Waals surface area contributed by atoms with Crippen LogP contribution in [0.15, 0.2) is 61.6 Å². The Hall–Kier alpha value is -1.68. The Bertz CT molecular complexity index is 913. The second kappa shape index (κ2) is 7.69. The van der Waals surface area contributed by atoms with Crippen molar-refractivity contribution in [2.75, 3.05) is 0 Å². The second-order valence-electron chi connectivity index (χ2n) is 4.89. The molecule has 0 radical (unpaired) electrons. The number of hydrogen-bond acceptors (Lipinski definition) is 6. The van der Waals surface area contributed by atoms with Gasteiger partial charge in [0.15, 0.2) is 0 Å². The zero-order valence-corrected chi connectivity index (χ0v) is 16.4. The number of thioether (sulfide) groups is 1. The normalized spacial score (nSPS) is 15.5. The van der Waals surface area contributed by atoms with E-state index in [0.717, 1.165) is 21.1 Å². The zero-order valence-electron chi connectivity index (χ0n) is 12.4. The molecule has 126 valence electrons. The quantitative estimate of drug-likeness (QED) is 0.304. The summed E-state index contributed by atoms with van der Waals surface area (Å²) in [6.07, 6.45) is 1.60. The summed E-state index contributed by atoms with van der Waals surface area (Å²) < 4.78 is 1.33. The number of nitrogens with zero attached hydrogens (tertiary/aromatic N) is 1. The van der Waals surface area contributed by atoms with E-state index in [1.54, 1.807) is 18.2 Å². The monoisotopic (exact) mass is 452 g/mol. The SMILES string of the molecule is O=C1NC(=S)S/C1=C\c1ccc(Sc2ccc(Br)cc2)c([N+](=O)[O-])c1. The molecule has 0 bridgehead atoms. The van der Waals surface area contributed by atoms with Crippen LogP contribution in [0, 0.1) is 10.1 Å². The largest absolute Gasteiger partial charge is 0.307 e. The molecule has 1 aliphatic heterocycles. The predicted octanol–water partition coefficient (Wildman–Crippen LogP) is 5.00. The standard InChI is InChI=1S/C16H9BrN2O3S3/c17-10-2-4-11(5-3-10)24-13-6-1-9(7-12(13)19(21)22)8-14-15(20)18-16(23)25-14/h1-8H,(H,18,20,23)/b14-8-. The number of thiocarbonyl (C=S) groups is 1. The first-order chi connectivity index (χ1) is 11.9. The van der Waals surface area contributed by atoms with E-state index in [1.165, 1.54) is 17.8 Å². The minimum atomic E-state index is -0.421. The fourth-order valence-corrected chi connectivity index (χ4v) is 4.26. The highest BCUT2D eigenvalue weighted by Crippen LogP contribution is 2.36. The van der Waals surface area contributed by atoms with Crippen LogP contribution in [-0.4, -0.2) is 15.2 Å². The van der Waals surface area contributed by atoms with E-state index in [1.807, 2.05) is 24.3 Å². The molecule has 0 aromatic heterocycles. The van der Waals surface area contributed by atoms with Crippen molar-refractivity contribution < 1.29 is 9.72 Å². The van der Waals surface area contributed by atoms with E-state index in [4.69, 9.17) is 12.2 Å². The van der Waals surface area contributed by atoms with E-state index in [0.29, 0.717) is 19.7 Å². The summed E-state index contributed by atoms with van der Waals surface area (Å²) in [7, 11) is 0. The minimum Gasteiger partial charge on any atom is -0.307 e. The molecule has 0 atom stereocenters. The van der Waals surface area contributed by atoms with Gasteiger partial charge in [0.25, 0.3) is 11.6 Å². The molecular weight excluding hydrogens is 444 g/mol. The number of benzene rings is 2. The summed E-state index contributed by atoms with van der Waals surface area (Å²) in [6, 6.07) is 12.4. The third-order valence-electron chi connectivity index (χ3n) is 3.16. The number of halogens is 1. The number of nitro benzene ring substituents is 1. The van der Waals surface area contributed by atoms with Gasteiger partial charge >= 0.3 is 0 Å². The molecule has 0 spiro atoms. The van der Waals surface area contributed by atoms with Gasteiger partial charge in [0.1, 0.15) is 4.32 Å². The average Bonchev–Trinajstić information content (AvgIpc) is 2.88. The van der Waals surface area contributed by atoms with Crippen LogP contribution in [0.25, 0.3) is 6.08 Å². The van der Waals surface area contributed by atoms with Crippen LogP contribution in [0.4, 0.5) is 5.69 Å². The Morgan fingerprint density at radius 2 is 1.96 bits per heavy atom. The number of rotatable bonds is 4. The number of carbonyl (C=O) groups excluding carboxylic acids is 1. The van der Waals surface area contributed by atoms with Gasteiger partial charge in [0.2, 0.25) is 0 Å². The Balaban J connectivity index is 1.92. The lowest BCUT2D eigenvalue weighted by Gasteiger charge is -2.05. The smallest absolute Gasteiger partial charge is 0.283 e. The fourth-order valence-electron chi connectivity index (χ4n) is 2.06. The highest BCUT2D eigenvalue weighted by molar-refractivity contribution is 9.10. The van der Waals surface area contributed by atoms with Gasteiger partial charge in [-0.2, -0.15) is 0 Å². The molecule has 3 rings (SSSR count). The zero-order chi connectivity index (χ0) is 18.0. The Morgan fingerprint density at radius 1 is 1.24 bits per heavy atom. The van der Waals surface area contributed by atoms with E-state index in [9.17, 15) is 14.9 Å². The van der Waals surface area contributed by atoms with Crippen LogP contribution >= 0.6 is 51.7 Å². The first kappa shape index (κ1) is 18.1. The number of hydrogen-bond donors (Lipinski definition) is 1. The van der Waals surface area contributed by atoms with E-state index < -0.39 is 4.92 Å². The second-order valence-corrected chi connectivity index (χ2v) is 8.64. The maximum absolute atomic E-state index is 11.7. The van der Waals surface area contributed by atoms with Crippen molar-refractivity contribution in [2.45, 2.75) is 9.79 Å². The molecule has 1 amide bonds. The van der Waals surface area contributed by atoms with Crippen LogP contribution in [0.2, 0.25) is 0 Å². The van der Waals surface area contributed by atoms with Crippen molar-refractivity contribution in [1.82, 2.24) is 5.32 Å². The number of amides is 1. The van der Waals surface area contributed by atoms with Gasteiger partial charge in [-0.05, 0) is 42.0 Å². The molecule has 5 nitrogen and oxygen atoms in total. The summed E-state index contributed by atoms with van der Waals surface area (Å²) >= 11 is 10.8. The Morgan fingerprint density at radius 3 is 2.56 bits per heavy atom. The van der Waals surface area contributed by atoms with Crippen LogP contribution < -0.4 is 5.32 Å². The lowest BCUT2D eigenvalue weighted by Crippen LogP contribution is -2.17. The van der Waals surface area contributed by atoms with Crippen molar-refractivity contribution in [2.24, 2.45) is 0 Å². The third-order valence-corrected chi connectivity index (χ3v) is 5.93. The summed E-state index contributed by atoms with van der Waals surface area (Å²) in [5.41, 5.74) is 0.572. The molecule has 0 unspecified atom stereocenters. The van der Waals surface area contributed by atoms with Crippen LogP contribution in [0.5, 0.6) is 0 Å². The van der Waals surface area contributed by atoms with Gasteiger partial charge in [-0.25, -0.2) is 0 Å². The van der Waals surface area contributed by atoms with Crippen molar-refractivity contribution in [3.05, 3.63) is 67.5 Å². The first-order valence-electron chi connectivity index (χ1n) is 6.89. The van der Waals surface area contributed by atoms with Gasteiger partial charge in [0.05, 0.1) is 14.7 Å². The third kappa shape index (κ3) is 4.49. The van der Waals surface area contributed by atoms with Crippen molar-refractivity contribution in [3.63, 3.8) is 0 Å². The van der Waals surface area contributed by atoms with Gasteiger partial charge in [-0.15, -0.1) is 0 Å². The minimum absolute atomic E-state index is 0.00625. The molecule has 0 saturated carbocycles. The molecular formula is C16H9BrN2O3S3. The summed E-state index contributed by atoms with van der Waals surface area (Å²) in [5, 5.41) is 13.9. The first-order valence-corrected chi connectivity index (χ1v) is 9.72. The summed E-state index contributed by atoms with van der Waals surface area (Å²) in [5.74, 6) is -0.286. The Labute approximate surface area is 165 Å².